The maximum Gasteiger partial charge on any atom is 0.123 e. The Kier molecular flexibility index (Phi) is 7.14. The highest BCUT2D eigenvalue weighted by atomic mass is 16.5. The zero-order valence-corrected chi connectivity index (χ0v) is 16.1. The summed E-state index contributed by atoms with van der Waals surface area (Å²) >= 11 is 0. The third kappa shape index (κ3) is 5.70. The lowest BCUT2D eigenvalue weighted by Crippen LogP contribution is -2.40. The van der Waals surface area contributed by atoms with E-state index in [1.807, 2.05) is 0 Å². The number of hydrogen-bond donors (Lipinski definition) is 0. The molecule has 140 valence electrons. The number of ether oxygens (including phenoxy) is 1. The second kappa shape index (κ2) is 9.56. The quantitative estimate of drug-likeness (QED) is 0.674. The summed E-state index contributed by atoms with van der Waals surface area (Å²) in [6, 6.07) is 9.36. The van der Waals surface area contributed by atoms with E-state index in [0.717, 1.165) is 37.9 Å². The first kappa shape index (κ1) is 18.7. The van der Waals surface area contributed by atoms with Crippen LogP contribution < -0.4 is 4.74 Å². The molecule has 2 fully saturated rings. The van der Waals surface area contributed by atoms with Crippen LogP contribution in [-0.4, -0.2) is 74.2 Å². The van der Waals surface area contributed by atoms with E-state index in [1.165, 1.54) is 57.4 Å². The van der Waals surface area contributed by atoms with E-state index in [4.69, 9.17) is 4.74 Å². The average molecular weight is 346 g/mol. The summed E-state index contributed by atoms with van der Waals surface area (Å²) in [5, 5.41) is 0. The van der Waals surface area contributed by atoms with Crippen molar-refractivity contribution in [3.8, 4) is 5.75 Å². The predicted octanol–water partition coefficient (Wildman–Crippen LogP) is 3.08. The van der Waals surface area contributed by atoms with Crippen molar-refractivity contribution >= 4 is 0 Å². The molecule has 2 aliphatic heterocycles. The molecule has 4 heteroatoms. The first-order chi connectivity index (χ1) is 12.2. The van der Waals surface area contributed by atoms with Gasteiger partial charge in [0.1, 0.15) is 5.75 Å². The van der Waals surface area contributed by atoms with E-state index in [9.17, 15) is 0 Å². The smallest absolute Gasteiger partial charge is 0.123 e. The molecular formula is C21H35N3O. The summed E-state index contributed by atoms with van der Waals surface area (Å²) in [4.78, 5) is 7.55. The Bertz CT molecular complexity index is 514. The minimum Gasteiger partial charge on any atom is -0.493 e. The van der Waals surface area contributed by atoms with Gasteiger partial charge in [0.05, 0.1) is 6.61 Å². The Labute approximate surface area is 153 Å². The van der Waals surface area contributed by atoms with E-state index in [1.54, 1.807) is 0 Å². The van der Waals surface area contributed by atoms with Crippen molar-refractivity contribution in [2.75, 3.05) is 53.4 Å². The highest BCUT2D eigenvalue weighted by molar-refractivity contribution is 5.33. The van der Waals surface area contributed by atoms with Crippen LogP contribution in [0.25, 0.3) is 0 Å². The van der Waals surface area contributed by atoms with Crippen LogP contribution in [0.2, 0.25) is 0 Å². The summed E-state index contributed by atoms with van der Waals surface area (Å²) in [7, 11) is 4.22. The second-order valence-corrected chi connectivity index (χ2v) is 7.89. The molecule has 1 aromatic rings. The van der Waals surface area contributed by atoms with Crippen molar-refractivity contribution in [1.29, 1.82) is 0 Å². The van der Waals surface area contributed by atoms with Gasteiger partial charge in [-0.25, -0.2) is 0 Å². The molecule has 2 aliphatic rings. The fourth-order valence-electron chi connectivity index (χ4n) is 4.12. The van der Waals surface area contributed by atoms with Gasteiger partial charge in [0.25, 0.3) is 0 Å². The van der Waals surface area contributed by atoms with Gasteiger partial charge in [0.2, 0.25) is 0 Å². The highest BCUT2D eigenvalue weighted by Gasteiger charge is 2.28. The third-order valence-electron chi connectivity index (χ3n) is 5.53. The Morgan fingerprint density at radius 2 is 1.88 bits per heavy atom. The first-order valence-corrected chi connectivity index (χ1v) is 10.0. The zero-order chi connectivity index (χ0) is 17.5. The van der Waals surface area contributed by atoms with E-state index in [-0.39, 0.29) is 0 Å². The number of piperidine rings is 1. The van der Waals surface area contributed by atoms with Crippen molar-refractivity contribution in [2.45, 2.75) is 44.7 Å². The molecule has 0 radical (unpaired) electrons. The van der Waals surface area contributed by atoms with Gasteiger partial charge in [-0.1, -0.05) is 24.6 Å². The van der Waals surface area contributed by atoms with E-state index in [2.05, 4.69) is 53.1 Å². The summed E-state index contributed by atoms with van der Waals surface area (Å²) in [6.45, 7) is 7.95. The molecule has 0 bridgehead atoms. The maximum absolute atomic E-state index is 6.08. The van der Waals surface area contributed by atoms with Crippen LogP contribution >= 0.6 is 0 Å². The molecule has 2 heterocycles. The number of hydrogen-bond acceptors (Lipinski definition) is 4. The Balaban J connectivity index is 1.49. The molecule has 0 aromatic heterocycles. The average Bonchev–Trinajstić information content (AvgIpc) is 3.09. The third-order valence-corrected chi connectivity index (χ3v) is 5.53. The molecule has 0 amide bonds. The number of likely N-dealkylation sites (tertiary alicyclic amines) is 2. The predicted molar refractivity (Wildman–Crippen MR) is 104 cm³/mol. The van der Waals surface area contributed by atoms with Crippen LogP contribution in [0, 0.1) is 0 Å². The Hall–Kier alpha value is -1.10. The van der Waals surface area contributed by atoms with Crippen LogP contribution in [0.5, 0.6) is 5.75 Å². The number of benzene rings is 1. The van der Waals surface area contributed by atoms with Gasteiger partial charge in [-0.3, -0.25) is 9.80 Å². The monoisotopic (exact) mass is 345 g/mol. The molecule has 1 aromatic carbocycles. The number of rotatable bonds is 8. The standard InChI is InChI=1S/C21H35N3O/c1-22(2)12-8-16-25-21-10-5-4-9-19(21)17-23-15-11-20(18-23)24-13-6-3-7-14-24/h4-5,9-10,20H,3,6-8,11-18H2,1-2H3. The molecule has 0 saturated carbocycles. The van der Waals surface area contributed by atoms with Crippen LogP contribution in [0.3, 0.4) is 0 Å². The molecule has 0 N–H and O–H groups in total. The van der Waals surface area contributed by atoms with Crippen molar-refractivity contribution < 1.29 is 4.74 Å². The van der Waals surface area contributed by atoms with Gasteiger partial charge in [-0.2, -0.15) is 0 Å². The molecule has 0 spiro atoms. The SMILES string of the molecule is CN(C)CCCOc1ccccc1CN1CCC(N2CCCCC2)C1. The summed E-state index contributed by atoms with van der Waals surface area (Å²) < 4.78 is 6.08. The lowest BCUT2D eigenvalue weighted by Gasteiger charge is -2.32. The van der Waals surface area contributed by atoms with Crippen LogP contribution in [0.4, 0.5) is 0 Å². The van der Waals surface area contributed by atoms with Crippen molar-refractivity contribution in [3.05, 3.63) is 29.8 Å². The van der Waals surface area contributed by atoms with Crippen molar-refractivity contribution in [2.24, 2.45) is 0 Å². The lowest BCUT2D eigenvalue weighted by molar-refractivity contribution is 0.161. The number of nitrogens with zero attached hydrogens (tertiary/aromatic N) is 3. The van der Waals surface area contributed by atoms with Gasteiger partial charge in [-0.15, -0.1) is 0 Å². The first-order valence-electron chi connectivity index (χ1n) is 10.0. The van der Waals surface area contributed by atoms with Crippen molar-refractivity contribution in [1.82, 2.24) is 14.7 Å². The van der Waals surface area contributed by atoms with Crippen LogP contribution in [0.15, 0.2) is 24.3 Å². The van der Waals surface area contributed by atoms with E-state index < -0.39 is 0 Å². The second-order valence-electron chi connectivity index (χ2n) is 7.89. The Morgan fingerprint density at radius 1 is 1.08 bits per heavy atom. The van der Waals surface area contributed by atoms with Gasteiger partial charge in [0.15, 0.2) is 0 Å². The molecule has 1 atom stereocenters. The molecule has 25 heavy (non-hydrogen) atoms. The van der Waals surface area contributed by atoms with Crippen LogP contribution in [0.1, 0.15) is 37.7 Å². The molecule has 1 unspecified atom stereocenters. The van der Waals surface area contributed by atoms with E-state index >= 15 is 0 Å². The summed E-state index contributed by atoms with van der Waals surface area (Å²) in [5.74, 6) is 1.07. The fraction of sp³-hybridized carbons (Fsp3) is 0.714. The maximum atomic E-state index is 6.08. The summed E-state index contributed by atoms with van der Waals surface area (Å²) in [5.41, 5.74) is 1.34. The molecule has 2 saturated heterocycles. The largest absolute Gasteiger partial charge is 0.493 e. The van der Waals surface area contributed by atoms with Crippen LogP contribution in [-0.2, 0) is 6.54 Å². The summed E-state index contributed by atoms with van der Waals surface area (Å²) in [6.07, 6.45) is 6.60. The minimum absolute atomic E-state index is 0.772. The zero-order valence-electron chi connectivity index (χ0n) is 16.1. The molecular weight excluding hydrogens is 310 g/mol. The van der Waals surface area contributed by atoms with Gasteiger partial charge < -0.3 is 9.64 Å². The Morgan fingerprint density at radius 3 is 2.68 bits per heavy atom. The van der Waals surface area contributed by atoms with E-state index in [0.29, 0.717) is 0 Å². The number of para-hydroxylation sites is 1. The molecule has 4 nitrogen and oxygen atoms in total. The van der Waals surface area contributed by atoms with Gasteiger partial charge in [0, 0.05) is 37.8 Å². The minimum atomic E-state index is 0.772. The molecule has 3 rings (SSSR count). The molecule has 0 aliphatic carbocycles. The van der Waals surface area contributed by atoms with Crippen molar-refractivity contribution in [3.63, 3.8) is 0 Å². The van der Waals surface area contributed by atoms with Gasteiger partial charge >= 0.3 is 0 Å². The normalized spacial score (nSPS) is 22.6. The topological polar surface area (TPSA) is 19.0 Å². The fourth-order valence-corrected chi connectivity index (χ4v) is 4.12. The highest BCUT2D eigenvalue weighted by Crippen LogP contribution is 2.25. The lowest BCUT2D eigenvalue weighted by atomic mass is 10.1. The van der Waals surface area contributed by atoms with Gasteiger partial charge in [-0.05, 0) is 58.9 Å².